The number of benzene rings is 2. The van der Waals surface area contributed by atoms with Crippen LogP contribution in [0.1, 0.15) is 27.8 Å². The van der Waals surface area contributed by atoms with E-state index in [1.54, 1.807) is 6.07 Å². The van der Waals surface area contributed by atoms with E-state index in [0.29, 0.717) is 5.69 Å². The van der Waals surface area contributed by atoms with E-state index in [1.807, 2.05) is 36.4 Å². The van der Waals surface area contributed by atoms with Crippen molar-refractivity contribution >= 4 is 34.3 Å². The Morgan fingerprint density at radius 2 is 1.71 bits per heavy atom. The molecule has 1 heterocycles. The van der Waals surface area contributed by atoms with Crippen LogP contribution in [0.25, 0.3) is 10.8 Å². The van der Waals surface area contributed by atoms with Crippen LogP contribution in [0.2, 0.25) is 0 Å². The van der Waals surface area contributed by atoms with Gasteiger partial charge in [0.2, 0.25) is 0 Å². The van der Waals surface area contributed by atoms with Gasteiger partial charge in [-0.05, 0) is 30.5 Å². The lowest BCUT2D eigenvalue weighted by Gasteiger charge is -2.14. The van der Waals surface area contributed by atoms with E-state index < -0.39 is 23.9 Å². The van der Waals surface area contributed by atoms with Gasteiger partial charge in [0.05, 0.1) is 12.7 Å². The number of carbonyl (C=O) groups excluding carboxylic acids is 3. The van der Waals surface area contributed by atoms with E-state index >= 15 is 0 Å². The molecule has 1 aromatic heterocycles. The smallest absolute Gasteiger partial charge is 0.356 e. The zero-order valence-corrected chi connectivity index (χ0v) is 15.3. The van der Waals surface area contributed by atoms with Gasteiger partial charge in [0.15, 0.2) is 6.10 Å². The molecule has 0 radical (unpaired) electrons. The lowest BCUT2D eigenvalue weighted by atomic mass is 10.1. The van der Waals surface area contributed by atoms with Gasteiger partial charge < -0.3 is 14.8 Å². The summed E-state index contributed by atoms with van der Waals surface area (Å²) in [5.74, 6) is -1.78. The van der Waals surface area contributed by atoms with Crippen LogP contribution in [0.5, 0.6) is 0 Å². The molecular weight excluding hydrogens is 360 g/mol. The Labute approximate surface area is 161 Å². The first-order valence-corrected chi connectivity index (χ1v) is 8.53. The summed E-state index contributed by atoms with van der Waals surface area (Å²) in [6.45, 7) is 1.48. The molecule has 0 aliphatic rings. The number of ether oxygens (including phenoxy) is 2. The second-order valence-corrected chi connectivity index (χ2v) is 5.99. The Hall–Kier alpha value is -3.74. The fourth-order valence-corrected chi connectivity index (χ4v) is 2.59. The Bertz CT molecular complexity index is 1030. The molecule has 0 saturated heterocycles. The third-order valence-electron chi connectivity index (χ3n) is 4.09. The highest BCUT2D eigenvalue weighted by Crippen LogP contribution is 2.23. The highest BCUT2D eigenvalue weighted by Gasteiger charge is 2.20. The molecule has 0 aliphatic heterocycles. The Balaban J connectivity index is 1.66. The molecule has 0 bridgehead atoms. The van der Waals surface area contributed by atoms with Crippen molar-refractivity contribution in [2.45, 2.75) is 13.0 Å². The number of methoxy groups -OCH3 is 1. The lowest BCUT2D eigenvalue weighted by molar-refractivity contribution is -0.123. The summed E-state index contributed by atoms with van der Waals surface area (Å²) in [5.41, 5.74) is 0.827. The number of esters is 2. The van der Waals surface area contributed by atoms with Crippen molar-refractivity contribution in [3.63, 3.8) is 0 Å². The van der Waals surface area contributed by atoms with E-state index in [1.165, 1.54) is 32.4 Å². The minimum Gasteiger partial charge on any atom is -0.464 e. The van der Waals surface area contributed by atoms with Gasteiger partial charge >= 0.3 is 11.9 Å². The monoisotopic (exact) mass is 378 g/mol. The van der Waals surface area contributed by atoms with Crippen LogP contribution < -0.4 is 5.32 Å². The Morgan fingerprint density at radius 3 is 2.43 bits per heavy atom. The van der Waals surface area contributed by atoms with Gasteiger partial charge in [-0.1, -0.05) is 36.4 Å². The zero-order chi connectivity index (χ0) is 20.1. The SMILES string of the molecule is COC(=O)c1ccc(C(=O)O[C@H](C)C(=O)Nc2cccc3ccccc23)cn1. The van der Waals surface area contributed by atoms with E-state index in [0.717, 1.165) is 10.8 Å². The quantitative estimate of drug-likeness (QED) is 0.685. The van der Waals surface area contributed by atoms with Crippen LogP contribution in [0.15, 0.2) is 60.8 Å². The van der Waals surface area contributed by atoms with Crippen LogP contribution in [-0.4, -0.2) is 36.0 Å². The minimum atomic E-state index is -1.02. The Kier molecular flexibility index (Phi) is 5.64. The largest absolute Gasteiger partial charge is 0.464 e. The third-order valence-corrected chi connectivity index (χ3v) is 4.09. The maximum atomic E-state index is 12.4. The first-order valence-electron chi connectivity index (χ1n) is 8.53. The number of aromatic nitrogens is 1. The number of anilines is 1. The molecule has 0 unspecified atom stereocenters. The summed E-state index contributed by atoms with van der Waals surface area (Å²) in [5, 5.41) is 4.66. The molecule has 7 heteroatoms. The summed E-state index contributed by atoms with van der Waals surface area (Å²) in [6.07, 6.45) is 0.177. The van der Waals surface area contributed by atoms with Crippen molar-refractivity contribution in [2.24, 2.45) is 0 Å². The van der Waals surface area contributed by atoms with Gasteiger partial charge in [-0.25, -0.2) is 14.6 Å². The first kappa shape index (κ1) is 19.0. The molecule has 1 N–H and O–H groups in total. The number of rotatable bonds is 5. The average molecular weight is 378 g/mol. The molecule has 1 amide bonds. The molecule has 0 aliphatic carbocycles. The lowest BCUT2D eigenvalue weighted by Crippen LogP contribution is -2.30. The van der Waals surface area contributed by atoms with Gasteiger partial charge in [-0.2, -0.15) is 0 Å². The van der Waals surface area contributed by atoms with Crippen LogP contribution in [-0.2, 0) is 14.3 Å². The van der Waals surface area contributed by atoms with Gasteiger partial charge in [0.25, 0.3) is 5.91 Å². The van der Waals surface area contributed by atoms with Crippen molar-refractivity contribution in [2.75, 3.05) is 12.4 Å². The fraction of sp³-hybridized carbons (Fsp3) is 0.143. The predicted octanol–water partition coefficient (Wildman–Crippen LogP) is 3.21. The number of nitrogens with one attached hydrogen (secondary N) is 1. The van der Waals surface area contributed by atoms with E-state index in [-0.39, 0.29) is 11.3 Å². The minimum absolute atomic E-state index is 0.0702. The van der Waals surface area contributed by atoms with Crippen molar-refractivity contribution in [3.8, 4) is 0 Å². The number of pyridine rings is 1. The molecule has 2 aromatic carbocycles. The summed E-state index contributed by atoms with van der Waals surface area (Å²) in [7, 11) is 1.24. The maximum absolute atomic E-state index is 12.4. The number of hydrogen-bond donors (Lipinski definition) is 1. The highest BCUT2D eigenvalue weighted by atomic mass is 16.5. The third kappa shape index (κ3) is 4.15. The molecular formula is C21H18N2O5. The maximum Gasteiger partial charge on any atom is 0.356 e. The van der Waals surface area contributed by atoms with E-state index in [9.17, 15) is 14.4 Å². The van der Waals surface area contributed by atoms with Gasteiger partial charge in [0.1, 0.15) is 5.69 Å². The predicted molar refractivity (Wildman–Crippen MR) is 103 cm³/mol. The van der Waals surface area contributed by atoms with E-state index in [4.69, 9.17) is 4.74 Å². The van der Waals surface area contributed by atoms with Crippen LogP contribution in [0, 0.1) is 0 Å². The van der Waals surface area contributed by atoms with Crippen LogP contribution >= 0.6 is 0 Å². The standard InChI is InChI=1S/C21H18N2O5/c1-13(28-20(25)15-10-11-18(22-12-15)21(26)27-2)19(24)23-17-9-5-7-14-6-3-4-8-16(14)17/h3-13H,1-2H3,(H,23,24)/t13-/m1/s1. The zero-order valence-electron chi connectivity index (χ0n) is 15.3. The molecule has 0 spiro atoms. The molecule has 3 rings (SSSR count). The summed E-state index contributed by atoms with van der Waals surface area (Å²) in [6, 6.07) is 15.9. The van der Waals surface area contributed by atoms with Crippen molar-refractivity contribution in [3.05, 3.63) is 72.1 Å². The number of amides is 1. The second-order valence-electron chi connectivity index (χ2n) is 5.99. The topological polar surface area (TPSA) is 94.6 Å². The normalized spacial score (nSPS) is 11.5. The summed E-state index contributed by atoms with van der Waals surface area (Å²) >= 11 is 0. The van der Waals surface area contributed by atoms with Crippen molar-refractivity contribution in [1.82, 2.24) is 4.98 Å². The van der Waals surface area contributed by atoms with Crippen LogP contribution in [0.3, 0.4) is 0 Å². The average Bonchev–Trinajstić information content (AvgIpc) is 2.73. The van der Waals surface area contributed by atoms with Crippen LogP contribution in [0.4, 0.5) is 5.69 Å². The highest BCUT2D eigenvalue weighted by molar-refractivity contribution is 6.04. The molecule has 0 fully saturated rings. The first-order chi connectivity index (χ1) is 13.5. The molecule has 28 heavy (non-hydrogen) atoms. The van der Waals surface area contributed by atoms with E-state index in [2.05, 4.69) is 15.0 Å². The summed E-state index contributed by atoms with van der Waals surface area (Å²) < 4.78 is 9.75. The Morgan fingerprint density at radius 1 is 0.964 bits per heavy atom. The number of fused-ring (bicyclic) bond motifs is 1. The van der Waals surface area contributed by atoms with Crippen molar-refractivity contribution < 1.29 is 23.9 Å². The molecule has 3 aromatic rings. The number of carbonyl (C=O) groups is 3. The van der Waals surface area contributed by atoms with Gasteiger partial charge in [-0.3, -0.25) is 4.79 Å². The van der Waals surface area contributed by atoms with Crippen molar-refractivity contribution in [1.29, 1.82) is 0 Å². The van der Waals surface area contributed by atoms with Gasteiger partial charge in [0, 0.05) is 17.3 Å². The number of nitrogens with zero attached hydrogens (tertiary/aromatic N) is 1. The molecule has 0 saturated carbocycles. The summed E-state index contributed by atoms with van der Waals surface area (Å²) in [4.78, 5) is 39.9. The molecule has 7 nitrogen and oxygen atoms in total. The van der Waals surface area contributed by atoms with Gasteiger partial charge in [-0.15, -0.1) is 0 Å². The second kappa shape index (κ2) is 8.30. The molecule has 142 valence electrons. The number of hydrogen-bond acceptors (Lipinski definition) is 6. The molecule has 1 atom stereocenters. The fourth-order valence-electron chi connectivity index (χ4n) is 2.59.